The van der Waals surface area contributed by atoms with Gasteiger partial charge < -0.3 is 24.7 Å². The highest BCUT2D eigenvalue weighted by molar-refractivity contribution is 5.85. The highest BCUT2D eigenvalue weighted by Gasteiger charge is 2.26. The maximum absolute atomic E-state index is 6.62. The summed E-state index contributed by atoms with van der Waals surface area (Å²) in [5, 5.41) is 0. The van der Waals surface area contributed by atoms with Crippen LogP contribution >= 0.6 is 12.4 Å². The maximum Gasteiger partial charge on any atom is 0.164 e. The molecule has 1 heterocycles. The van der Waals surface area contributed by atoms with Crippen LogP contribution in [0.25, 0.3) is 0 Å². The third kappa shape index (κ3) is 5.28. The Morgan fingerprint density at radius 3 is 2.26 bits per heavy atom. The Balaban J connectivity index is 0.00000261. The highest BCUT2D eigenvalue weighted by atomic mass is 35.5. The second-order valence-corrected chi connectivity index (χ2v) is 6.49. The second-order valence-electron chi connectivity index (χ2n) is 6.49. The molecule has 1 aliphatic rings. The maximum atomic E-state index is 6.62. The molecule has 0 aromatic heterocycles. The zero-order valence-electron chi connectivity index (χ0n) is 15.9. The van der Waals surface area contributed by atoms with Crippen LogP contribution in [0.5, 0.6) is 17.2 Å². The molecule has 1 aliphatic heterocycles. The second kappa shape index (κ2) is 10.4. The standard InChI is InChI=1S/C21H27NO4.ClH/c1-23-19-12-17(21(22)16-8-10-25-11-9-16)18(13-20(19)24-2)26-14-15-6-4-3-5-7-15;/h3-7,12-13,16,21H,8-11,14,22H2,1-2H3;1H/t21-;/m0./s1. The fraction of sp³-hybridized carbons (Fsp3) is 0.429. The number of benzene rings is 2. The predicted octanol–water partition coefficient (Wildman–Crippen LogP) is 4.13. The molecule has 27 heavy (non-hydrogen) atoms. The van der Waals surface area contributed by atoms with E-state index in [1.165, 1.54) is 0 Å². The highest BCUT2D eigenvalue weighted by Crippen LogP contribution is 2.40. The van der Waals surface area contributed by atoms with E-state index < -0.39 is 0 Å². The van der Waals surface area contributed by atoms with Crippen LogP contribution in [0.3, 0.4) is 0 Å². The Hall–Kier alpha value is -1.95. The van der Waals surface area contributed by atoms with E-state index in [-0.39, 0.29) is 18.4 Å². The van der Waals surface area contributed by atoms with Crippen molar-refractivity contribution in [1.29, 1.82) is 0 Å². The van der Waals surface area contributed by atoms with Crippen molar-refractivity contribution >= 4 is 12.4 Å². The summed E-state index contributed by atoms with van der Waals surface area (Å²) in [5.41, 5.74) is 8.68. The van der Waals surface area contributed by atoms with Crippen molar-refractivity contribution in [2.45, 2.75) is 25.5 Å². The minimum Gasteiger partial charge on any atom is -0.493 e. The molecule has 5 nitrogen and oxygen atoms in total. The molecule has 148 valence electrons. The van der Waals surface area contributed by atoms with Crippen molar-refractivity contribution in [2.75, 3.05) is 27.4 Å². The number of halogens is 1. The first-order chi connectivity index (χ1) is 12.7. The Labute approximate surface area is 167 Å². The van der Waals surface area contributed by atoms with Gasteiger partial charge in [0.05, 0.1) is 14.2 Å². The van der Waals surface area contributed by atoms with Crippen molar-refractivity contribution in [2.24, 2.45) is 11.7 Å². The monoisotopic (exact) mass is 393 g/mol. The lowest BCUT2D eigenvalue weighted by molar-refractivity contribution is 0.0579. The van der Waals surface area contributed by atoms with E-state index in [1.807, 2.05) is 42.5 Å². The van der Waals surface area contributed by atoms with Gasteiger partial charge in [0, 0.05) is 30.9 Å². The molecule has 1 fully saturated rings. The van der Waals surface area contributed by atoms with Gasteiger partial charge in [-0.25, -0.2) is 0 Å². The van der Waals surface area contributed by atoms with Gasteiger partial charge >= 0.3 is 0 Å². The third-order valence-electron chi connectivity index (χ3n) is 4.89. The van der Waals surface area contributed by atoms with Crippen molar-refractivity contribution in [1.82, 2.24) is 0 Å². The Morgan fingerprint density at radius 1 is 1.00 bits per heavy atom. The van der Waals surface area contributed by atoms with Crippen LogP contribution in [0.15, 0.2) is 42.5 Å². The Bertz CT molecular complexity index is 705. The molecule has 2 aromatic rings. The summed E-state index contributed by atoms with van der Waals surface area (Å²) < 4.78 is 22.5. The largest absolute Gasteiger partial charge is 0.493 e. The van der Waals surface area contributed by atoms with Gasteiger partial charge in [-0.3, -0.25) is 0 Å². The molecule has 6 heteroatoms. The van der Waals surface area contributed by atoms with Crippen LogP contribution in [-0.2, 0) is 11.3 Å². The molecule has 2 N–H and O–H groups in total. The van der Waals surface area contributed by atoms with Gasteiger partial charge in [-0.05, 0) is 30.4 Å². The van der Waals surface area contributed by atoms with Gasteiger partial charge in [-0.2, -0.15) is 0 Å². The molecule has 0 amide bonds. The average molecular weight is 394 g/mol. The molecule has 0 spiro atoms. The Kier molecular flexibility index (Phi) is 8.23. The van der Waals surface area contributed by atoms with Crippen molar-refractivity contribution in [3.05, 3.63) is 53.6 Å². The molecule has 3 rings (SSSR count). The van der Waals surface area contributed by atoms with Crippen LogP contribution in [-0.4, -0.2) is 27.4 Å². The quantitative estimate of drug-likeness (QED) is 0.766. The summed E-state index contributed by atoms with van der Waals surface area (Å²) in [4.78, 5) is 0. The van der Waals surface area contributed by atoms with Gasteiger partial charge in [-0.15, -0.1) is 12.4 Å². The molecule has 0 aliphatic carbocycles. The van der Waals surface area contributed by atoms with E-state index in [1.54, 1.807) is 14.2 Å². The minimum absolute atomic E-state index is 0. The molecule has 2 aromatic carbocycles. The molecule has 0 radical (unpaired) electrons. The van der Waals surface area contributed by atoms with Crippen molar-refractivity contribution in [3.8, 4) is 17.2 Å². The molecule has 0 saturated carbocycles. The normalized spacial score (nSPS) is 15.5. The molecular weight excluding hydrogens is 366 g/mol. The number of ether oxygens (including phenoxy) is 4. The van der Waals surface area contributed by atoms with Crippen LogP contribution in [0, 0.1) is 5.92 Å². The molecule has 0 bridgehead atoms. The van der Waals surface area contributed by atoms with E-state index in [0.717, 1.165) is 42.9 Å². The molecule has 1 atom stereocenters. The number of methoxy groups -OCH3 is 2. The molecular formula is C21H28ClNO4. The fourth-order valence-electron chi connectivity index (χ4n) is 3.33. The first-order valence-electron chi connectivity index (χ1n) is 8.99. The lowest BCUT2D eigenvalue weighted by Gasteiger charge is -2.29. The summed E-state index contributed by atoms with van der Waals surface area (Å²) in [6.45, 7) is 1.99. The zero-order chi connectivity index (χ0) is 18.4. The van der Waals surface area contributed by atoms with E-state index in [9.17, 15) is 0 Å². The van der Waals surface area contributed by atoms with Crippen LogP contribution in [0.2, 0.25) is 0 Å². The van der Waals surface area contributed by atoms with E-state index >= 15 is 0 Å². The summed E-state index contributed by atoms with van der Waals surface area (Å²) in [7, 11) is 3.25. The number of hydrogen-bond donors (Lipinski definition) is 1. The lowest BCUT2D eigenvalue weighted by Crippen LogP contribution is -2.28. The number of rotatable bonds is 7. The topological polar surface area (TPSA) is 62.9 Å². The summed E-state index contributed by atoms with van der Waals surface area (Å²) >= 11 is 0. The zero-order valence-corrected chi connectivity index (χ0v) is 16.7. The Morgan fingerprint density at radius 2 is 1.63 bits per heavy atom. The SMILES string of the molecule is COc1cc(OCc2ccccc2)c([C@@H](N)C2CCOCC2)cc1OC.Cl. The van der Waals surface area contributed by atoms with Crippen molar-refractivity contribution < 1.29 is 18.9 Å². The lowest BCUT2D eigenvalue weighted by atomic mass is 9.87. The smallest absolute Gasteiger partial charge is 0.164 e. The first-order valence-corrected chi connectivity index (χ1v) is 8.99. The molecule has 0 unspecified atom stereocenters. The predicted molar refractivity (Wildman–Crippen MR) is 108 cm³/mol. The average Bonchev–Trinajstić information content (AvgIpc) is 2.72. The first kappa shape index (κ1) is 21.4. The fourth-order valence-corrected chi connectivity index (χ4v) is 3.33. The van der Waals surface area contributed by atoms with E-state index in [0.29, 0.717) is 24.0 Å². The van der Waals surface area contributed by atoms with E-state index in [2.05, 4.69) is 0 Å². The summed E-state index contributed by atoms with van der Waals surface area (Å²) in [6, 6.07) is 13.8. The number of nitrogens with two attached hydrogens (primary N) is 1. The summed E-state index contributed by atoms with van der Waals surface area (Å²) in [5.74, 6) is 2.40. The van der Waals surface area contributed by atoms with Gasteiger partial charge in [-0.1, -0.05) is 30.3 Å². The molecule has 1 saturated heterocycles. The van der Waals surface area contributed by atoms with Gasteiger partial charge in [0.2, 0.25) is 0 Å². The summed E-state index contributed by atoms with van der Waals surface area (Å²) in [6.07, 6.45) is 1.90. The van der Waals surface area contributed by atoms with E-state index in [4.69, 9.17) is 24.7 Å². The van der Waals surface area contributed by atoms with Crippen LogP contribution < -0.4 is 19.9 Å². The van der Waals surface area contributed by atoms with Crippen LogP contribution in [0.1, 0.15) is 30.0 Å². The third-order valence-corrected chi connectivity index (χ3v) is 4.89. The minimum atomic E-state index is -0.135. The number of hydrogen-bond acceptors (Lipinski definition) is 5. The van der Waals surface area contributed by atoms with Crippen LogP contribution in [0.4, 0.5) is 0 Å². The van der Waals surface area contributed by atoms with Gasteiger partial charge in [0.25, 0.3) is 0 Å². The van der Waals surface area contributed by atoms with Gasteiger partial charge in [0.15, 0.2) is 11.5 Å². The van der Waals surface area contributed by atoms with Crippen molar-refractivity contribution in [3.63, 3.8) is 0 Å². The van der Waals surface area contributed by atoms with Gasteiger partial charge in [0.1, 0.15) is 12.4 Å².